The Balaban J connectivity index is 2.08. The van der Waals surface area contributed by atoms with E-state index in [1.54, 1.807) is 23.6 Å². The Morgan fingerprint density at radius 1 is 1.36 bits per heavy atom. The molecule has 22 heavy (non-hydrogen) atoms. The van der Waals surface area contributed by atoms with Crippen LogP contribution in [0.1, 0.15) is 23.0 Å². The molecule has 1 amide bonds. The van der Waals surface area contributed by atoms with Gasteiger partial charge < -0.3 is 0 Å². The summed E-state index contributed by atoms with van der Waals surface area (Å²) in [4.78, 5) is 37.2. The second kappa shape index (κ2) is 6.72. The van der Waals surface area contributed by atoms with E-state index in [-0.39, 0.29) is 17.2 Å². The summed E-state index contributed by atoms with van der Waals surface area (Å²) >= 11 is 1.13. The first-order chi connectivity index (χ1) is 10.5. The summed E-state index contributed by atoms with van der Waals surface area (Å²) in [6, 6.07) is 6.09. The predicted molar refractivity (Wildman–Crippen MR) is 82.9 cm³/mol. The molecule has 0 atom stereocenters. The number of thiazole rings is 1. The summed E-state index contributed by atoms with van der Waals surface area (Å²) in [5, 5.41) is 15.2. The van der Waals surface area contributed by atoms with Crippen molar-refractivity contribution in [3.8, 4) is 0 Å². The molecule has 0 spiro atoms. The molecule has 0 unspecified atom stereocenters. The third kappa shape index (κ3) is 3.83. The third-order valence-electron chi connectivity index (χ3n) is 2.64. The lowest BCUT2D eigenvalue weighted by molar-refractivity contribution is -0.385. The number of amides is 1. The maximum atomic E-state index is 11.8. The molecule has 1 aromatic carbocycles. The minimum atomic E-state index is -0.516. The molecule has 0 aliphatic carbocycles. The highest BCUT2D eigenvalue weighted by Gasteiger charge is 2.10. The number of nitrogens with zero attached hydrogens (tertiary/aromatic N) is 2. The Kier molecular flexibility index (Phi) is 4.74. The zero-order chi connectivity index (χ0) is 16.1. The van der Waals surface area contributed by atoms with Crippen LogP contribution >= 0.6 is 11.3 Å². The van der Waals surface area contributed by atoms with Crippen molar-refractivity contribution in [1.82, 2.24) is 4.98 Å². The molecule has 0 aliphatic rings. The Bertz CT molecular complexity index is 767. The zero-order valence-corrected chi connectivity index (χ0v) is 12.3. The van der Waals surface area contributed by atoms with Crippen molar-refractivity contribution in [2.45, 2.75) is 6.92 Å². The van der Waals surface area contributed by atoms with Crippen molar-refractivity contribution >= 4 is 39.9 Å². The monoisotopic (exact) mass is 317 g/mol. The summed E-state index contributed by atoms with van der Waals surface area (Å²) in [6.07, 6.45) is 2.53. The van der Waals surface area contributed by atoms with E-state index in [4.69, 9.17) is 0 Å². The molecule has 8 heteroatoms. The normalized spacial score (nSPS) is 10.6. The number of nitro groups is 1. The minimum Gasteiger partial charge on any atom is -0.298 e. The van der Waals surface area contributed by atoms with Gasteiger partial charge in [0.05, 0.1) is 10.5 Å². The van der Waals surface area contributed by atoms with Crippen LogP contribution in [0.5, 0.6) is 0 Å². The highest BCUT2D eigenvalue weighted by atomic mass is 32.1. The van der Waals surface area contributed by atoms with Gasteiger partial charge in [0.2, 0.25) is 5.91 Å². The van der Waals surface area contributed by atoms with Gasteiger partial charge in [-0.05, 0) is 12.1 Å². The lowest BCUT2D eigenvalue weighted by atomic mass is 10.1. The Morgan fingerprint density at radius 3 is 2.73 bits per heavy atom. The number of ketones is 1. The molecule has 2 aromatic rings. The minimum absolute atomic E-state index is 0.0836. The van der Waals surface area contributed by atoms with Crippen molar-refractivity contribution in [3.05, 3.63) is 57.1 Å². The van der Waals surface area contributed by atoms with Crippen LogP contribution in [-0.2, 0) is 4.79 Å². The van der Waals surface area contributed by atoms with Gasteiger partial charge in [0.15, 0.2) is 10.9 Å². The molecule has 7 nitrogen and oxygen atoms in total. The number of nitro benzene ring substituents is 1. The molecule has 2 rings (SSSR count). The van der Waals surface area contributed by atoms with Crippen molar-refractivity contribution in [1.29, 1.82) is 0 Å². The van der Waals surface area contributed by atoms with E-state index in [0.717, 1.165) is 11.3 Å². The first-order valence-corrected chi connectivity index (χ1v) is 7.04. The van der Waals surface area contributed by atoms with Gasteiger partial charge in [-0.25, -0.2) is 4.98 Å². The van der Waals surface area contributed by atoms with Crippen LogP contribution in [0, 0.1) is 10.1 Å². The number of nitrogens with one attached hydrogen (secondary N) is 1. The molecule has 0 saturated carbocycles. The van der Waals surface area contributed by atoms with Gasteiger partial charge in [0.1, 0.15) is 5.69 Å². The number of hydrogen-bond donors (Lipinski definition) is 1. The third-order valence-corrected chi connectivity index (χ3v) is 3.40. The van der Waals surface area contributed by atoms with E-state index in [1.165, 1.54) is 25.1 Å². The fourth-order valence-corrected chi connectivity index (χ4v) is 2.35. The van der Waals surface area contributed by atoms with Crippen LogP contribution in [-0.4, -0.2) is 21.6 Å². The molecular weight excluding hydrogens is 306 g/mol. The maximum absolute atomic E-state index is 11.8. The van der Waals surface area contributed by atoms with Crippen LogP contribution in [0.3, 0.4) is 0 Å². The predicted octanol–water partition coefficient (Wildman–Crippen LogP) is 2.91. The number of hydrogen-bond acceptors (Lipinski definition) is 6. The molecule has 0 bridgehead atoms. The molecule has 0 saturated heterocycles. The SMILES string of the molecule is CC(=O)c1csc(NC(=O)/C=C/c2ccccc2[N+](=O)[O-])n1. The number of benzene rings is 1. The fourth-order valence-electron chi connectivity index (χ4n) is 1.60. The van der Waals surface area contributed by atoms with Gasteiger partial charge in [-0.15, -0.1) is 11.3 Å². The highest BCUT2D eigenvalue weighted by molar-refractivity contribution is 7.14. The summed E-state index contributed by atoms with van der Waals surface area (Å²) in [6.45, 7) is 1.38. The number of Topliss-reactive ketones (excluding diaryl/α,β-unsaturated/α-hetero) is 1. The number of para-hydroxylation sites is 1. The molecule has 0 fully saturated rings. The van der Waals surface area contributed by atoms with Crippen LogP contribution < -0.4 is 5.32 Å². The van der Waals surface area contributed by atoms with Gasteiger partial charge >= 0.3 is 0 Å². The topological polar surface area (TPSA) is 102 Å². The van der Waals surface area contributed by atoms with E-state index < -0.39 is 10.8 Å². The summed E-state index contributed by atoms with van der Waals surface area (Å²) in [5.41, 5.74) is 0.522. The zero-order valence-electron chi connectivity index (χ0n) is 11.5. The lowest BCUT2D eigenvalue weighted by Gasteiger charge is -1.97. The van der Waals surface area contributed by atoms with Crippen LogP contribution in [0.4, 0.5) is 10.8 Å². The van der Waals surface area contributed by atoms with E-state index in [9.17, 15) is 19.7 Å². The molecule has 0 radical (unpaired) electrons. The number of anilines is 1. The second-order valence-corrected chi connectivity index (χ2v) is 5.09. The standard InChI is InChI=1S/C14H11N3O4S/c1-9(18)11-8-22-14(15-11)16-13(19)7-6-10-4-2-3-5-12(10)17(20)21/h2-8H,1H3,(H,15,16,19)/b7-6+. The van der Waals surface area contributed by atoms with Gasteiger partial charge in [0, 0.05) is 24.4 Å². The van der Waals surface area contributed by atoms with E-state index in [1.807, 2.05) is 0 Å². The lowest BCUT2D eigenvalue weighted by Crippen LogP contribution is -2.07. The van der Waals surface area contributed by atoms with E-state index >= 15 is 0 Å². The van der Waals surface area contributed by atoms with Gasteiger partial charge in [-0.2, -0.15) is 0 Å². The van der Waals surface area contributed by atoms with Crippen LogP contribution in [0.25, 0.3) is 6.08 Å². The van der Waals surface area contributed by atoms with Crippen LogP contribution in [0.2, 0.25) is 0 Å². The first kappa shape index (κ1) is 15.5. The van der Waals surface area contributed by atoms with E-state index in [2.05, 4.69) is 10.3 Å². The van der Waals surface area contributed by atoms with Crippen LogP contribution in [0.15, 0.2) is 35.7 Å². The van der Waals surface area contributed by atoms with Gasteiger partial charge in [0.25, 0.3) is 5.69 Å². The fraction of sp³-hybridized carbons (Fsp3) is 0.0714. The summed E-state index contributed by atoms with van der Waals surface area (Å²) in [5.74, 6) is -0.671. The van der Waals surface area contributed by atoms with Crippen molar-refractivity contribution in [3.63, 3.8) is 0 Å². The molecule has 1 N–H and O–H groups in total. The Morgan fingerprint density at radius 2 is 2.09 bits per heavy atom. The van der Waals surface area contributed by atoms with Crippen molar-refractivity contribution in [2.24, 2.45) is 0 Å². The molecule has 112 valence electrons. The highest BCUT2D eigenvalue weighted by Crippen LogP contribution is 2.19. The maximum Gasteiger partial charge on any atom is 0.276 e. The summed E-state index contributed by atoms with van der Waals surface area (Å²) in [7, 11) is 0. The van der Waals surface area contributed by atoms with Crippen molar-refractivity contribution in [2.75, 3.05) is 5.32 Å². The van der Waals surface area contributed by atoms with Gasteiger partial charge in [-0.1, -0.05) is 12.1 Å². The number of carbonyl (C=O) groups excluding carboxylic acids is 2. The molecule has 1 aromatic heterocycles. The smallest absolute Gasteiger partial charge is 0.276 e. The average Bonchev–Trinajstić information content (AvgIpc) is 2.94. The molecule has 1 heterocycles. The summed E-state index contributed by atoms with van der Waals surface area (Å²) < 4.78 is 0. The largest absolute Gasteiger partial charge is 0.298 e. The molecular formula is C14H11N3O4S. The average molecular weight is 317 g/mol. The number of aromatic nitrogens is 1. The van der Waals surface area contributed by atoms with Gasteiger partial charge in [-0.3, -0.25) is 25.0 Å². The number of rotatable bonds is 5. The van der Waals surface area contributed by atoms with Crippen molar-refractivity contribution < 1.29 is 14.5 Å². The number of carbonyl (C=O) groups is 2. The van der Waals surface area contributed by atoms with E-state index in [0.29, 0.717) is 10.7 Å². The first-order valence-electron chi connectivity index (χ1n) is 6.16. The quantitative estimate of drug-likeness (QED) is 0.395. The second-order valence-electron chi connectivity index (χ2n) is 4.23. The molecule has 0 aliphatic heterocycles. The Hall–Kier alpha value is -2.87. The Labute approximate surface area is 129 Å².